The van der Waals surface area contributed by atoms with Crippen LogP contribution in [-0.4, -0.2) is 62.7 Å². The second kappa shape index (κ2) is 9.15. The van der Waals surface area contributed by atoms with Gasteiger partial charge in [0.1, 0.15) is 22.9 Å². The number of hydrogen-bond donors (Lipinski definition) is 3. The van der Waals surface area contributed by atoms with E-state index in [9.17, 15) is 9.59 Å². The molecule has 0 aromatic carbocycles. The van der Waals surface area contributed by atoms with Gasteiger partial charge < -0.3 is 25.4 Å². The van der Waals surface area contributed by atoms with Gasteiger partial charge in [-0.1, -0.05) is 0 Å². The fourth-order valence-corrected chi connectivity index (χ4v) is 4.34. The van der Waals surface area contributed by atoms with Gasteiger partial charge in [-0.2, -0.15) is 14.9 Å². The van der Waals surface area contributed by atoms with Crippen LogP contribution < -0.4 is 21.5 Å². The summed E-state index contributed by atoms with van der Waals surface area (Å²) in [6, 6.07) is 7.77. The summed E-state index contributed by atoms with van der Waals surface area (Å²) >= 11 is 0. The highest BCUT2D eigenvalue weighted by Crippen LogP contribution is 2.24. The van der Waals surface area contributed by atoms with Crippen LogP contribution in [-0.2, 0) is 0 Å². The van der Waals surface area contributed by atoms with Crippen molar-refractivity contribution in [2.75, 3.05) is 37.3 Å². The Hall–Kier alpha value is -3.91. The molecule has 0 unspecified atom stereocenters. The molecule has 1 atom stereocenters. The van der Waals surface area contributed by atoms with Gasteiger partial charge in [0.25, 0.3) is 11.5 Å². The Morgan fingerprint density at radius 3 is 2.94 bits per heavy atom. The molecular formula is C23H27N9O2. The number of fused-ring (bicyclic) bond motifs is 1. The topological polar surface area (TPSA) is 132 Å². The van der Waals surface area contributed by atoms with E-state index in [0.717, 1.165) is 38.9 Å². The fourth-order valence-electron chi connectivity index (χ4n) is 4.34. The standard InChI is InChI=1S/C23H27N9O2/c1-25-20-12-19(29-21-17(13-26-32(20)21)22(33)27-15-5-6-15)28-18-4-2-10-31(23(18)34)16-7-11-30(14-16)9-3-8-24/h2,4,10,12-13,15-16,25H,3,5-7,9,11,14H2,1H3,(H,27,33)(H,28,29)/t16-/m1/s1. The van der Waals surface area contributed by atoms with Crippen molar-refractivity contribution < 1.29 is 4.79 Å². The third-order valence-corrected chi connectivity index (χ3v) is 6.30. The summed E-state index contributed by atoms with van der Waals surface area (Å²) in [5.74, 6) is 0.876. The number of carbonyl (C=O) groups excluding carboxylic acids is 1. The van der Waals surface area contributed by atoms with Crippen LogP contribution in [0.3, 0.4) is 0 Å². The Morgan fingerprint density at radius 2 is 2.18 bits per heavy atom. The quantitative estimate of drug-likeness (QED) is 0.462. The minimum Gasteiger partial charge on any atom is -0.373 e. The first-order chi connectivity index (χ1) is 16.6. The van der Waals surface area contributed by atoms with Gasteiger partial charge in [0.15, 0.2) is 5.65 Å². The van der Waals surface area contributed by atoms with Gasteiger partial charge in [0, 0.05) is 51.4 Å². The largest absolute Gasteiger partial charge is 0.373 e. The van der Waals surface area contributed by atoms with Crippen molar-refractivity contribution in [1.29, 1.82) is 5.26 Å². The predicted molar refractivity (Wildman–Crippen MR) is 127 cm³/mol. The first kappa shape index (κ1) is 21.9. The second-order valence-corrected chi connectivity index (χ2v) is 8.73. The lowest BCUT2D eigenvalue weighted by Crippen LogP contribution is -2.29. The molecule has 4 heterocycles. The zero-order chi connectivity index (χ0) is 23.7. The number of pyridine rings is 1. The van der Waals surface area contributed by atoms with Crippen LogP contribution in [0.15, 0.2) is 35.4 Å². The maximum Gasteiger partial charge on any atom is 0.274 e. The van der Waals surface area contributed by atoms with Gasteiger partial charge in [-0.05, 0) is 31.4 Å². The van der Waals surface area contributed by atoms with Gasteiger partial charge in [0.05, 0.1) is 18.3 Å². The predicted octanol–water partition coefficient (Wildman–Crippen LogP) is 1.73. The summed E-state index contributed by atoms with van der Waals surface area (Å²) < 4.78 is 3.32. The van der Waals surface area contributed by atoms with E-state index in [1.54, 1.807) is 34.5 Å². The van der Waals surface area contributed by atoms with Crippen molar-refractivity contribution in [2.24, 2.45) is 0 Å². The molecule has 0 spiro atoms. The second-order valence-electron chi connectivity index (χ2n) is 8.73. The Balaban J connectivity index is 1.42. The number of carbonyl (C=O) groups is 1. The zero-order valence-electron chi connectivity index (χ0n) is 19.0. The van der Waals surface area contributed by atoms with E-state index in [1.807, 2.05) is 6.07 Å². The van der Waals surface area contributed by atoms with Crippen LogP contribution in [0.25, 0.3) is 5.65 Å². The SMILES string of the molecule is CNc1cc(Nc2cccn([C@@H]3CCN(CCC#N)C3)c2=O)nc2c(C(=O)NC3CC3)cnn12. The highest BCUT2D eigenvalue weighted by atomic mass is 16.2. The molecule has 34 heavy (non-hydrogen) atoms. The molecule has 1 amide bonds. The molecule has 5 rings (SSSR count). The van der Waals surface area contributed by atoms with E-state index in [1.165, 1.54) is 6.20 Å². The summed E-state index contributed by atoms with van der Waals surface area (Å²) in [4.78, 5) is 32.7. The van der Waals surface area contributed by atoms with Crippen molar-refractivity contribution in [1.82, 2.24) is 29.4 Å². The van der Waals surface area contributed by atoms with Crippen molar-refractivity contribution in [3.8, 4) is 6.07 Å². The monoisotopic (exact) mass is 461 g/mol. The Kier molecular flexibility index (Phi) is 5.90. The summed E-state index contributed by atoms with van der Waals surface area (Å²) in [7, 11) is 1.76. The minimum atomic E-state index is -0.201. The van der Waals surface area contributed by atoms with E-state index in [2.05, 4.69) is 37.0 Å². The number of likely N-dealkylation sites (tertiary alicyclic amines) is 1. The Morgan fingerprint density at radius 1 is 1.32 bits per heavy atom. The van der Waals surface area contributed by atoms with Crippen LogP contribution in [0.5, 0.6) is 0 Å². The average molecular weight is 462 g/mol. The van der Waals surface area contributed by atoms with Crippen LogP contribution in [0.1, 0.15) is 42.1 Å². The number of rotatable bonds is 8. The van der Waals surface area contributed by atoms with Crippen molar-refractivity contribution in [2.45, 2.75) is 37.8 Å². The normalized spacial score (nSPS) is 18.1. The summed E-state index contributed by atoms with van der Waals surface area (Å²) in [5, 5.41) is 22.3. The number of amides is 1. The van der Waals surface area contributed by atoms with Crippen molar-refractivity contribution in [3.05, 3.63) is 46.5 Å². The first-order valence-corrected chi connectivity index (χ1v) is 11.5. The van der Waals surface area contributed by atoms with Crippen LogP contribution in [0, 0.1) is 11.3 Å². The molecule has 1 aliphatic carbocycles. The molecule has 11 nitrogen and oxygen atoms in total. The molecule has 176 valence electrons. The van der Waals surface area contributed by atoms with Gasteiger partial charge in [-0.25, -0.2) is 4.98 Å². The molecule has 0 radical (unpaired) electrons. The number of anilines is 3. The minimum absolute atomic E-state index is 0.0591. The maximum absolute atomic E-state index is 13.3. The molecule has 2 aliphatic rings. The molecule has 3 N–H and O–H groups in total. The molecule has 2 fully saturated rings. The summed E-state index contributed by atoms with van der Waals surface area (Å²) in [6.07, 6.45) is 6.64. The number of hydrogen-bond acceptors (Lipinski definition) is 8. The molecule has 3 aromatic rings. The third-order valence-electron chi connectivity index (χ3n) is 6.30. The third kappa shape index (κ3) is 4.32. The van der Waals surface area contributed by atoms with E-state index < -0.39 is 0 Å². The lowest BCUT2D eigenvalue weighted by Gasteiger charge is -2.17. The van der Waals surface area contributed by atoms with E-state index >= 15 is 0 Å². The first-order valence-electron chi connectivity index (χ1n) is 11.5. The molecule has 0 bridgehead atoms. The lowest BCUT2D eigenvalue weighted by molar-refractivity contribution is 0.0952. The zero-order valence-corrected chi connectivity index (χ0v) is 19.0. The van der Waals surface area contributed by atoms with Gasteiger partial charge >= 0.3 is 0 Å². The van der Waals surface area contributed by atoms with Crippen molar-refractivity contribution >= 4 is 28.9 Å². The van der Waals surface area contributed by atoms with E-state index in [-0.39, 0.29) is 23.6 Å². The molecular weight excluding hydrogens is 434 g/mol. The van der Waals surface area contributed by atoms with E-state index in [4.69, 9.17) is 5.26 Å². The van der Waals surface area contributed by atoms with Crippen LogP contribution in [0.2, 0.25) is 0 Å². The fraction of sp³-hybridized carbons (Fsp3) is 0.435. The molecule has 3 aromatic heterocycles. The molecule has 11 heteroatoms. The number of aromatic nitrogens is 4. The summed E-state index contributed by atoms with van der Waals surface area (Å²) in [6.45, 7) is 2.33. The van der Waals surface area contributed by atoms with Crippen molar-refractivity contribution in [3.63, 3.8) is 0 Å². The van der Waals surface area contributed by atoms with Crippen LogP contribution >= 0.6 is 0 Å². The number of nitriles is 1. The Bertz CT molecular complexity index is 1320. The smallest absolute Gasteiger partial charge is 0.274 e. The number of nitrogens with one attached hydrogen (secondary N) is 3. The van der Waals surface area contributed by atoms with Gasteiger partial charge in [-0.15, -0.1) is 0 Å². The maximum atomic E-state index is 13.3. The van der Waals surface area contributed by atoms with E-state index in [0.29, 0.717) is 35.0 Å². The number of nitrogens with zero attached hydrogens (tertiary/aromatic N) is 6. The highest BCUT2D eigenvalue weighted by molar-refractivity contribution is 6.00. The highest BCUT2D eigenvalue weighted by Gasteiger charge is 2.27. The van der Waals surface area contributed by atoms with Gasteiger partial charge in [-0.3, -0.25) is 9.59 Å². The molecule has 1 saturated heterocycles. The van der Waals surface area contributed by atoms with Crippen LogP contribution in [0.4, 0.5) is 17.3 Å². The lowest BCUT2D eigenvalue weighted by atomic mass is 10.2. The summed E-state index contributed by atoms with van der Waals surface area (Å²) in [5.41, 5.74) is 1.07. The molecule has 1 saturated carbocycles. The average Bonchev–Trinajstić information content (AvgIpc) is 3.35. The van der Waals surface area contributed by atoms with Gasteiger partial charge in [0.2, 0.25) is 0 Å². The Labute approximate surface area is 196 Å². The molecule has 1 aliphatic heterocycles.